The number of carbonyl (C=O) groups is 1. The summed E-state index contributed by atoms with van der Waals surface area (Å²) in [6, 6.07) is -0.0530. The third-order valence-corrected chi connectivity index (χ3v) is 3.96. The molecule has 1 aliphatic heterocycles. The van der Waals surface area contributed by atoms with Gasteiger partial charge in [0.2, 0.25) is 0 Å². The molecule has 0 spiro atoms. The van der Waals surface area contributed by atoms with Gasteiger partial charge in [0.25, 0.3) is 0 Å². The van der Waals surface area contributed by atoms with E-state index in [1.807, 2.05) is 6.92 Å². The standard InChI is InChI=1S/C14H19NOS/c1-10-4-3-5-12(8-10)9-15-7-6-13(17)14(16)11(15)2/h3,5,8,10-11H,4,6-7,9H2,1-2H3. The molecular formula is C14H19NOS. The van der Waals surface area contributed by atoms with Crippen molar-refractivity contribution in [3.63, 3.8) is 0 Å². The van der Waals surface area contributed by atoms with E-state index < -0.39 is 0 Å². The van der Waals surface area contributed by atoms with Crippen molar-refractivity contribution in [3.8, 4) is 0 Å². The van der Waals surface area contributed by atoms with Gasteiger partial charge in [0.05, 0.1) is 10.9 Å². The molecular weight excluding hydrogens is 230 g/mol. The number of thiocarbonyl (C=S) groups is 1. The summed E-state index contributed by atoms with van der Waals surface area (Å²) in [6.45, 7) is 5.97. The minimum absolute atomic E-state index is 0.0530. The fourth-order valence-electron chi connectivity index (χ4n) is 2.44. The second-order valence-corrected chi connectivity index (χ2v) is 5.53. The van der Waals surface area contributed by atoms with Gasteiger partial charge in [-0.2, -0.15) is 0 Å². The molecule has 1 saturated heterocycles. The number of allylic oxidation sites excluding steroid dienone is 2. The number of piperidine rings is 1. The summed E-state index contributed by atoms with van der Waals surface area (Å²) in [7, 11) is 0. The van der Waals surface area contributed by atoms with Crippen LogP contribution in [0.15, 0.2) is 23.8 Å². The van der Waals surface area contributed by atoms with Crippen LogP contribution < -0.4 is 0 Å². The van der Waals surface area contributed by atoms with Crippen LogP contribution in [0.3, 0.4) is 0 Å². The highest BCUT2D eigenvalue weighted by Crippen LogP contribution is 2.19. The summed E-state index contributed by atoms with van der Waals surface area (Å²) < 4.78 is 0. The molecule has 2 nitrogen and oxygen atoms in total. The zero-order valence-electron chi connectivity index (χ0n) is 10.5. The minimum Gasteiger partial charge on any atom is -0.292 e. The average Bonchev–Trinajstić information content (AvgIpc) is 2.30. The lowest BCUT2D eigenvalue weighted by Crippen LogP contribution is -2.48. The quantitative estimate of drug-likeness (QED) is 0.702. The van der Waals surface area contributed by atoms with Crippen LogP contribution in [0.2, 0.25) is 0 Å². The van der Waals surface area contributed by atoms with Crippen LogP contribution in [0, 0.1) is 5.92 Å². The van der Waals surface area contributed by atoms with E-state index in [2.05, 4.69) is 30.1 Å². The maximum Gasteiger partial charge on any atom is 0.186 e. The number of ketones is 1. The predicted octanol–water partition coefficient (Wildman–Crippen LogP) is 2.54. The Labute approximate surface area is 108 Å². The number of nitrogens with zero attached hydrogens (tertiary/aromatic N) is 1. The maximum atomic E-state index is 11.8. The molecule has 0 aromatic carbocycles. The van der Waals surface area contributed by atoms with Crippen LogP contribution in [0.1, 0.15) is 26.7 Å². The summed E-state index contributed by atoms with van der Waals surface area (Å²) in [5.41, 5.74) is 1.33. The molecule has 0 aromatic rings. The van der Waals surface area contributed by atoms with Gasteiger partial charge in [0.1, 0.15) is 0 Å². The average molecular weight is 249 g/mol. The zero-order chi connectivity index (χ0) is 12.4. The molecule has 2 aliphatic rings. The van der Waals surface area contributed by atoms with E-state index >= 15 is 0 Å². The van der Waals surface area contributed by atoms with E-state index in [1.165, 1.54) is 5.57 Å². The smallest absolute Gasteiger partial charge is 0.186 e. The lowest BCUT2D eigenvalue weighted by Gasteiger charge is -2.33. The summed E-state index contributed by atoms with van der Waals surface area (Å²) >= 11 is 5.08. The number of likely N-dealkylation sites (tertiary alicyclic amines) is 1. The number of hydrogen-bond donors (Lipinski definition) is 0. The Bertz CT molecular complexity index is 397. The molecule has 0 saturated carbocycles. The van der Waals surface area contributed by atoms with Crippen molar-refractivity contribution in [2.45, 2.75) is 32.7 Å². The lowest BCUT2D eigenvalue weighted by molar-refractivity contribution is -0.118. The molecule has 17 heavy (non-hydrogen) atoms. The second-order valence-electron chi connectivity index (χ2n) is 5.04. The first-order chi connectivity index (χ1) is 8.08. The van der Waals surface area contributed by atoms with Crippen molar-refractivity contribution >= 4 is 22.9 Å². The Morgan fingerprint density at radius 2 is 2.24 bits per heavy atom. The summed E-state index contributed by atoms with van der Waals surface area (Å²) in [4.78, 5) is 14.7. The summed E-state index contributed by atoms with van der Waals surface area (Å²) in [6.07, 6.45) is 8.59. The van der Waals surface area contributed by atoms with Gasteiger partial charge >= 0.3 is 0 Å². The lowest BCUT2D eigenvalue weighted by atomic mass is 9.96. The Balaban J connectivity index is 2.02. The van der Waals surface area contributed by atoms with Crippen LogP contribution >= 0.6 is 12.2 Å². The molecule has 2 atom stereocenters. The normalized spacial score (nSPS) is 30.6. The van der Waals surface area contributed by atoms with Crippen LogP contribution in [0.4, 0.5) is 0 Å². The van der Waals surface area contributed by atoms with Gasteiger partial charge in [-0.15, -0.1) is 0 Å². The van der Waals surface area contributed by atoms with Crippen molar-refractivity contribution in [1.82, 2.24) is 4.90 Å². The first-order valence-corrected chi connectivity index (χ1v) is 6.67. The van der Waals surface area contributed by atoms with Crippen LogP contribution in [-0.2, 0) is 4.79 Å². The van der Waals surface area contributed by atoms with E-state index in [9.17, 15) is 4.79 Å². The fraction of sp³-hybridized carbons (Fsp3) is 0.571. The highest BCUT2D eigenvalue weighted by Gasteiger charge is 2.29. The number of hydrogen-bond acceptors (Lipinski definition) is 3. The second kappa shape index (κ2) is 5.23. The van der Waals surface area contributed by atoms with Gasteiger partial charge in [-0.3, -0.25) is 9.69 Å². The van der Waals surface area contributed by atoms with Crippen molar-refractivity contribution < 1.29 is 4.79 Å². The molecule has 1 heterocycles. The maximum absolute atomic E-state index is 11.8. The highest BCUT2D eigenvalue weighted by atomic mass is 32.1. The monoisotopic (exact) mass is 249 g/mol. The van der Waals surface area contributed by atoms with Crippen molar-refractivity contribution in [3.05, 3.63) is 23.8 Å². The predicted molar refractivity (Wildman–Crippen MR) is 74.3 cm³/mol. The SMILES string of the molecule is CC1C=C(CN2CCC(=S)C(=O)C2C)C=CC1. The number of Topliss-reactive ketones (excluding diaryl/α,β-unsaturated/α-hetero) is 1. The summed E-state index contributed by atoms with van der Waals surface area (Å²) in [5.74, 6) is 0.756. The van der Waals surface area contributed by atoms with Gasteiger partial charge < -0.3 is 0 Å². The van der Waals surface area contributed by atoms with Gasteiger partial charge in [-0.1, -0.05) is 37.4 Å². The number of carbonyl (C=O) groups excluding carboxylic acids is 1. The number of rotatable bonds is 2. The molecule has 1 aliphatic carbocycles. The molecule has 1 fully saturated rings. The van der Waals surface area contributed by atoms with Gasteiger partial charge in [0.15, 0.2) is 5.78 Å². The summed E-state index contributed by atoms with van der Waals surface area (Å²) in [5, 5.41) is 0. The Hall–Kier alpha value is -0.800. The molecule has 92 valence electrons. The largest absolute Gasteiger partial charge is 0.292 e. The molecule has 0 bridgehead atoms. The van der Waals surface area contributed by atoms with Crippen molar-refractivity contribution in [1.29, 1.82) is 0 Å². The molecule has 0 N–H and O–H groups in total. The van der Waals surface area contributed by atoms with Crippen LogP contribution in [0.5, 0.6) is 0 Å². The van der Waals surface area contributed by atoms with Crippen molar-refractivity contribution in [2.75, 3.05) is 13.1 Å². The topological polar surface area (TPSA) is 20.3 Å². The van der Waals surface area contributed by atoms with E-state index in [1.54, 1.807) is 0 Å². The Morgan fingerprint density at radius 1 is 1.47 bits per heavy atom. The Kier molecular flexibility index (Phi) is 3.89. The van der Waals surface area contributed by atoms with E-state index in [0.717, 1.165) is 25.9 Å². The first-order valence-electron chi connectivity index (χ1n) is 6.26. The minimum atomic E-state index is -0.0530. The van der Waals surface area contributed by atoms with Crippen LogP contribution in [-0.4, -0.2) is 34.7 Å². The molecule has 3 heteroatoms. The third kappa shape index (κ3) is 2.90. The third-order valence-electron chi connectivity index (χ3n) is 3.55. The fourth-order valence-corrected chi connectivity index (χ4v) is 2.70. The van der Waals surface area contributed by atoms with Crippen molar-refractivity contribution in [2.24, 2.45) is 5.92 Å². The van der Waals surface area contributed by atoms with Crippen LogP contribution in [0.25, 0.3) is 0 Å². The van der Waals surface area contributed by atoms with E-state index in [0.29, 0.717) is 10.8 Å². The Morgan fingerprint density at radius 3 is 2.94 bits per heavy atom. The van der Waals surface area contributed by atoms with E-state index in [4.69, 9.17) is 12.2 Å². The van der Waals surface area contributed by atoms with E-state index in [-0.39, 0.29) is 11.8 Å². The molecule has 0 aromatic heterocycles. The molecule has 2 unspecified atom stereocenters. The van der Waals surface area contributed by atoms with Gasteiger partial charge in [0, 0.05) is 13.1 Å². The molecule has 0 amide bonds. The zero-order valence-corrected chi connectivity index (χ0v) is 11.3. The molecule has 0 radical (unpaired) electrons. The molecule has 2 rings (SSSR count). The highest BCUT2D eigenvalue weighted by molar-refractivity contribution is 7.82. The van der Waals surface area contributed by atoms with Gasteiger partial charge in [-0.25, -0.2) is 0 Å². The first kappa shape index (κ1) is 12.7. The van der Waals surface area contributed by atoms with Gasteiger partial charge in [-0.05, 0) is 31.3 Å².